The molecule has 1 aromatic rings. The first kappa shape index (κ1) is 24.2. The third kappa shape index (κ3) is 9.79. The molecule has 0 spiro atoms. The van der Waals surface area contributed by atoms with Crippen molar-refractivity contribution in [3.05, 3.63) is 29.8 Å². The third-order valence-electron chi connectivity index (χ3n) is 3.95. The van der Waals surface area contributed by atoms with Crippen LogP contribution < -0.4 is 16.4 Å². The van der Waals surface area contributed by atoms with E-state index in [4.69, 9.17) is 10.5 Å². The third-order valence-corrected chi connectivity index (χ3v) is 3.95. The number of nitrogens with two attached hydrogens (primary N) is 1. The second-order valence-electron chi connectivity index (χ2n) is 7.75. The number of carbonyl (C=O) groups is 3. The quantitative estimate of drug-likeness (QED) is 0.368. The number of nitrogens with one attached hydrogen (secondary N) is 2. The predicted octanol–water partition coefficient (Wildman–Crippen LogP) is 1.53. The van der Waals surface area contributed by atoms with Crippen LogP contribution in [0.4, 0.5) is 4.79 Å². The molecule has 0 bridgehead atoms. The Morgan fingerprint density at radius 1 is 1.07 bits per heavy atom. The van der Waals surface area contributed by atoms with Crippen LogP contribution in [0.3, 0.4) is 0 Å². The van der Waals surface area contributed by atoms with Crippen molar-refractivity contribution in [1.29, 1.82) is 0 Å². The summed E-state index contributed by atoms with van der Waals surface area (Å²) in [6.07, 6.45) is 0.742. The first-order chi connectivity index (χ1) is 13.5. The minimum Gasteiger partial charge on any atom is -0.508 e. The van der Waals surface area contributed by atoms with Crippen LogP contribution in [0.1, 0.15) is 45.6 Å². The molecule has 2 amide bonds. The number of phenolic OH excluding ortho intramolecular Hbond substituents is 1. The maximum absolute atomic E-state index is 12.7. The van der Waals surface area contributed by atoms with Gasteiger partial charge in [-0.1, -0.05) is 12.1 Å². The summed E-state index contributed by atoms with van der Waals surface area (Å²) in [4.78, 5) is 36.4. The van der Waals surface area contributed by atoms with Crippen LogP contribution in [0.5, 0.6) is 5.75 Å². The standard InChI is InChI=1S/C20H31N3O6/c1-20(2,3)29-19(28)23-16(12-13-7-9-14(24)10-8-13)17(25)22-15(18(26)27)6-4-5-11-21/h7-10,15-16,24H,4-6,11-12,21H2,1-3H3,(H,22,25)(H,23,28)(H,26,27)/t15-,16+/m0/s1. The number of benzene rings is 1. The van der Waals surface area contributed by atoms with Gasteiger partial charge in [-0.05, 0) is 64.3 Å². The van der Waals surface area contributed by atoms with Gasteiger partial charge in [0, 0.05) is 6.42 Å². The Labute approximate surface area is 170 Å². The Morgan fingerprint density at radius 2 is 1.69 bits per heavy atom. The highest BCUT2D eigenvalue weighted by Gasteiger charge is 2.28. The average molecular weight is 409 g/mol. The number of ether oxygens (including phenoxy) is 1. The molecule has 0 unspecified atom stereocenters. The second-order valence-corrected chi connectivity index (χ2v) is 7.75. The van der Waals surface area contributed by atoms with Crippen LogP contribution in [0.15, 0.2) is 24.3 Å². The van der Waals surface area contributed by atoms with Crippen LogP contribution in [0, 0.1) is 0 Å². The van der Waals surface area contributed by atoms with Crippen molar-refractivity contribution >= 4 is 18.0 Å². The number of phenols is 1. The summed E-state index contributed by atoms with van der Waals surface area (Å²) in [6, 6.07) is 4.02. The zero-order valence-corrected chi connectivity index (χ0v) is 17.1. The highest BCUT2D eigenvalue weighted by Crippen LogP contribution is 2.13. The van der Waals surface area contributed by atoms with E-state index in [9.17, 15) is 24.6 Å². The largest absolute Gasteiger partial charge is 0.508 e. The number of rotatable bonds is 10. The van der Waals surface area contributed by atoms with E-state index in [1.54, 1.807) is 32.9 Å². The summed E-state index contributed by atoms with van der Waals surface area (Å²) in [5, 5.41) is 23.8. The van der Waals surface area contributed by atoms with E-state index in [0.717, 1.165) is 0 Å². The molecule has 2 atom stereocenters. The normalized spacial score (nSPS) is 13.2. The predicted molar refractivity (Wildman–Crippen MR) is 107 cm³/mol. The molecular formula is C20H31N3O6. The van der Waals surface area contributed by atoms with E-state index in [0.29, 0.717) is 24.9 Å². The number of carboxylic acid groups (broad SMARTS) is 1. The molecule has 0 fully saturated rings. The minimum atomic E-state index is -1.16. The number of aliphatic carboxylic acids is 1. The molecule has 1 aromatic carbocycles. The summed E-state index contributed by atoms with van der Waals surface area (Å²) < 4.78 is 5.21. The summed E-state index contributed by atoms with van der Waals surface area (Å²) in [5.74, 6) is -1.72. The molecule has 1 rings (SSSR count). The molecule has 0 aliphatic rings. The van der Waals surface area contributed by atoms with Gasteiger partial charge in [-0.2, -0.15) is 0 Å². The van der Waals surface area contributed by atoms with Crippen LogP contribution in [0.25, 0.3) is 0 Å². The molecule has 0 saturated heterocycles. The van der Waals surface area contributed by atoms with E-state index in [2.05, 4.69) is 10.6 Å². The summed E-state index contributed by atoms with van der Waals surface area (Å²) in [5.41, 5.74) is 5.35. The first-order valence-corrected chi connectivity index (χ1v) is 9.52. The van der Waals surface area contributed by atoms with Crippen molar-refractivity contribution in [2.24, 2.45) is 5.73 Å². The van der Waals surface area contributed by atoms with E-state index >= 15 is 0 Å². The number of carbonyl (C=O) groups excluding carboxylic acids is 2. The van der Waals surface area contributed by atoms with Gasteiger partial charge >= 0.3 is 12.1 Å². The van der Waals surface area contributed by atoms with E-state index in [1.165, 1.54) is 12.1 Å². The van der Waals surface area contributed by atoms with Gasteiger partial charge < -0.3 is 31.3 Å². The van der Waals surface area contributed by atoms with Gasteiger partial charge in [0.15, 0.2) is 0 Å². The van der Waals surface area contributed by atoms with Crippen molar-refractivity contribution in [3.63, 3.8) is 0 Å². The van der Waals surface area contributed by atoms with Gasteiger partial charge in [0.1, 0.15) is 23.4 Å². The number of amides is 2. The Kier molecular flexibility index (Phi) is 9.40. The van der Waals surface area contributed by atoms with Gasteiger partial charge in [-0.3, -0.25) is 4.79 Å². The fourth-order valence-electron chi connectivity index (χ4n) is 2.55. The monoisotopic (exact) mass is 409 g/mol. The van der Waals surface area contributed by atoms with Gasteiger partial charge in [0.05, 0.1) is 0 Å². The molecule has 0 saturated carbocycles. The van der Waals surface area contributed by atoms with Crippen LogP contribution in [-0.4, -0.2) is 52.4 Å². The van der Waals surface area contributed by atoms with Crippen LogP contribution in [0.2, 0.25) is 0 Å². The Bertz CT molecular complexity index is 684. The molecule has 0 heterocycles. The molecule has 0 aromatic heterocycles. The molecule has 29 heavy (non-hydrogen) atoms. The van der Waals surface area contributed by atoms with Crippen LogP contribution >= 0.6 is 0 Å². The summed E-state index contributed by atoms with van der Waals surface area (Å²) in [6.45, 7) is 5.52. The lowest BCUT2D eigenvalue weighted by atomic mass is 10.0. The molecule has 9 nitrogen and oxygen atoms in total. The fraction of sp³-hybridized carbons (Fsp3) is 0.550. The number of alkyl carbamates (subject to hydrolysis) is 1. The van der Waals surface area contributed by atoms with Gasteiger partial charge in [-0.25, -0.2) is 9.59 Å². The lowest BCUT2D eigenvalue weighted by molar-refractivity contribution is -0.142. The lowest BCUT2D eigenvalue weighted by Gasteiger charge is -2.24. The molecular weight excluding hydrogens is 378 g/mol. The van der Waals surface area contributed by atoms with Gasteiger partial charge in [0.2, 0.25) is 5.91 Å². The Balaban J connectivity index is 2.91. The highest BCUT2D eigenvalue weighted by molar-refractivity contribution is 5.89. The molecule has 9 heteroatoms. The molecule has 162 valence electrons. The Morgan fingerprint density at radius 3 is 2.21 bits per heavy atom. The number of aromatic hydroxyl groups is 1. The molecule has 0 aliphatic carbocycles. The summed E-state index contributed by atoms with van der Waals surface area (Å²) >= 11 is 0. The van der Waals surface area contributed by atoms with E-state index in [1.807, 2.05) is 0 Å². The maximum Gasteiger partial charge on any atom is 0.408 e. The van der Waals surface area contributed by atoms with Crippen molar-refractivity contribution < 1.29 is 29.3 Å². The fourth-order valence-corrected chi connectivity index (χ4v) is 2.55. The average Bonchev–Trinajstić information content (AvgIpc) is 2.60. The maximum atomic E-state index is 12.7. The second kappa shape index (κ2) is 11.3. The lowest BCUT2D eigenvalue weighted by Crippen LogP contribution is -2.53. The smallest absolute Gasteiger partial charge is 0.408 e. The molecule has 0 aliphatic heterocycles. The molecule has 0 radical (unpaired) electrons. The number of hydrogen-bond donors (Lipinski definition) is 5. The topological polar surface area (TPSA) is 151 Å². The summed E-state index contributed by atoms with van der Waals surface area (Å²) in [7, 11) is 0. The SMILES string of the molecule is CC(C)(C)OC(=O)N[C@H](Cc1ccc(O)cc1)C(=O)N[C@@H](CCCCN)C(=O)O. The zero-order valence-electron chi connectivity index (χ0n) is 17.1. The van der Waals surface area contributed by atoms with E-state index in [-0.39, 0.29) is 18.6 Å². The molecule has 6 N–H and O–H groups in total. The van der Waals surface area contributed by atoms with Crippen molar-refractivity contribution in [3.8, 4) is 5.75 Å². The minimum absolute atomic E-state index is 0.0701. The highest BCUT2D eigenvalue weighted by atomic mass is 16.6. The number of unbranched alkanes of at least 4 members (excludes halogenated alkanes) is 1. The zero-order chi connectivity index (χ0) is 22.0. The van der Waals surface area contributed by atoms with Gasteiger partial charge in [0.25, 0.3) is 0 Å². The number of hydrogen-bond acceptors (Lipinski definition) is 6. The first-order valence-electron chi connectivity index (χ1n) is 9.52. The number of carboxylic acids is 1. The van der Waals surface area contributed by atoms with Gasteiger partial charge in [-0.15, -0.1) is 0 Å². The van der Waals surface area contributed by atoms with Crippen LogP contribution in [-0.2, 0) is 20.7 Å². The Hall–Kier alpha value is -2.81. The van der Waals surface area contributed by atoms with E-state index < -0.39 is 35.7 Å². The van der Waals surface area contributed by atoms with Crippen molar-refractivity contribution in [2.75, 3.05) is 6.54 Å². The van der Waals surface area contributed by atoms with Crippen molar-refractivity contribution in [2.45, 2.75) is 64.1 Å². The van der Waals surface area contributed by atoms with Crippen molar-refractivity contribution in [1.82, 2.24) is 10.6 Å².